The number of aldehydes is 1. The SMILES string of the molecule is COC(=O)c1c(C=O)nc(N[C@@H]2CCCC[C@@H]2CC(=O)OC(C)(C)C)nc1-c1cnn(C)c1. The largest absolute Gasteiger partial charge is 0.465 e. The van der Waals surface area contributed by atoms with Crippen molar-refractivity contribution >= 4 is 24.2 Å². The van der Waals surface area contributed by atoms with Gasteiger partial charge in [-0.2, -0.15) is 5.10 Å². The van der Waals surface area contributed by atoms with E-state index in [-0.39, 0.29) is 47.2 Å². The smallest absolute Gasteiger partial charge is 0.342 e. The van der Waals surface area contributed by atoms with Crippen LogP contribution in [0.15, 0.2) is 12.4 Å². The van der Waals surface area contributed by atoms with Gasteiger partial charge in [0.1, 0.15) is 16.9 Å². The number of esters is 2. The van der Waals surface area contributed by atoms with Gasteiger partial charge in [0.25, 0.3) is 0 Å². The van der Waals surface area contributed by atoms with Gasteiger partial charge in [0.05, 0.1) is 25.4 Å². The zero-order valence-electron chi connectivity index (χ0n) is 19.8. The van der Waals surface area contributed by atoms with E-state index in [4.69, 9.17) is 9.47 Å². The van der Waals surface area contributed by atoms with Crippen molar-refractivity contribution in [3.63, 3.8) is 0 Å². The molecule has 2 atom stereocenters. The van der Waals surface area contributed by atoms with E-state index in [9.17, 15) is 14.4 Å². The summed E-state index contributed by atoms with van der Waals surface area (Å²) in [6.07, 6.45) is 7.76. The molecule has 33 heavy (non-hydrogen) atoms. The molecule has 0 amide bonds. The molecule has 2 aromatic rings. The topological polar surface area (TPSA) is 125 Å². The van der Waals surface area contributed by atoms with Crippen molar-refractivity contribution in [1.82, 2.24) is 19.7 Å². The maximum atomic E-state index is 12.4. The molecule has 3 rings (SSSR count). The van der Waals surface area contributed by atoms with Gasteiger partial charge in [0, 0.05) is 24.8 Å². The Bertz CT molecular complexity index is 1030. The number of ether oxygens (including phenoxy) is 2. The number of carbonyl (C=O) groups excluding carboxylic acids is 3. The van der Waals surface area contributed by atoms with Crippen LogP contribution < -0.4 is 5.32 Å². The van der Waals surface area contributed by atoms with E-state index in [1.807, 2.05) is 20.8 Å². The van der Waals surface area contributed by atoms with Crippen molar-refractivity contribution in [2.45, 2.75) is 64.5 Å². The van der Waals surface area contributed by atoms with Crippen LogP contribution in [0.5, 0.6) is 0 Å². The lowest BCUT2D eigenvalue weighted by Crippen LogP contribution is -2.36. The molecule has 0 saturated heterocycles. The molecule has 1 aliphatic rings. The minimum Gasteiger partial charge on any atom is -0.465 e. The Morgan fingerprint density at radius 2 is 1.97 bits per heavy atom. The Morgan fingerprint density at radius 1 is 1.24 bits per heavy atom. The molecule has 1 saturated carbocycles. The number of hydrogen-bond donors (Lipinski definition) is 1. The Morgan fingerprint density at radius 3 is 2.58 bits per heavy atom. The number of aryl methyl sites for hydroxylation is 1. The summed E-state index contributed by atoms with van der Waals surface area (Å²) >= 11 is 0. The van der Waals surface area contributed by atoms with Crippen LogP contribution in [0.3, 0.4) is 0 Å². The first-order valence-corrected chi connectivity index (χ1v) is 11.0. The van der Waals surface area contributed by atoms with E-state index in [0.29, 0.717) is 11.8 Å². The summed E-state index contributed by atoms with van der Waals surface area (Å²) in [7, 11) is 2.98. The first kappa shape index (κ1) is 24.3. The predicted octanol–water partition coefficient (Wildman–Crippen LogP) is 3.18. The van der Waals surface area contributed by atoms with Crippen LogP contribution in [0.2, 0.25) is 0 Å². The molecule has 1 N–H and O–H groups in total. The second-order valence-corrected chi connectivity index (χ2v) is 9.25. The van der Waals surface area contributed by atoms with E-state index in [0.717, 1.165) is 25.7 Å². The summed E-state index contributed by atoms with van der Waals surface area (Å²) < 4.78 is 11.9. The summed E-state index contributed by atoms with van der Waals surface area (Å²) in [6.45, 7) is 5.54. The van der Waals surface area contributed by atoms with Crippen LogP contribution in [-0.2, 0) is 21.3 Å². The molecule has 0 aromatic carbocycles. The Hall–Kier alpha value is -3.30. The highest BCUT2D eigenvalue weighted by Crippen LogP contribution is 2.31. The van der Waals surface area contributed by atoms with Crippen molar-refractivity contribution in [2.24, 2.45) is 13.0 Å². The van der Waals surface area contributed by atoms with E-state index in [1.165, 1.54) is 7.11 Å². The molecular weight excluding hydrogens is 426 g/mol. The van der Waals surface area contributed by atoms with Crippen molar-refractivity contribution in [1.29, 1.82) is 0 Å². The second-order valence-electron chi connectivity index (χ2n) is 9.25. The van der Waals surface area contributed by atoms with Crippen molar-refractivity contribution in [2.75, 3.05) is 12.4 Å². The van der Waals surface area contributed by atoms with E-state index in [1.54, 1.807) is 24.1 Å². The molecule has 0 radical (unpaired) electrons. The number of carbonyl (C=O) groups is 3. The minimum absolute atomic E-state index is 0.0139. The van der Waals surface area contributed by atoms with Gasteiger partial charge in [0.2, 0.25) is 5.95 Å². The number of aromatic nitrogens is 4. The highest BCUT2D eigenvalue weighted by Gasteiger charge is 2.31. The first-order valence-electron chi connectivity index (χ1n) is 11.0. The molecule has 2 heterocycles. The van der Waals surface area contributed by atoms with Crippen LogP contribution in [-0.4, -0.2) is 56.7 Å². The Labute approximate surface area is 193 Å². The number of methoxy groups -OCH3 is 1. The van der Waals surface area contributed by atoms with Crippen molar-refractivity contribution in [3.05, 3.63) is 23.7 Å². The highest BCUT2D eigenvalue weighted by atomic mass is 16.6. The normalized spacial score (nSPS) is 18.5. The molecule has 10 heteroatoms. The molecule has 0 aliphatic heterocycles. The number of rotatable bonds is 7. The monoisotopic (exact) mass is 457 g/mol. The lowest BCUT2D eigenvalue weighted by molar-refractivity contribution is -0.156. The lowest BCUT2D eigenvalue weighted by Gasteiger charge is -2.32. The molecular formula is C23H31N5O5. The maximum Gasteiger partial charge on any atom is 0.342 e. The Kier molecular flexibility index (Phi) is 7.45. The van der Waals surface area contributed by atoms with Crippen LogP contribution in [0.25, 0.3) is 11.3 Å². The molecule has 10 nitrogen and oxygen atoms in total. The molecule has 0 unspecified atom stereocenters. The molecule has 2 aromatic heterocycles. The van der Waals surface area contributed by atoms with Crippen molar-refractivity contribution in [3.8, 4) is 11.3 Å². The van der Waals surface area contributed by atoms with Gasteiger partial charge >= 0.3 is 11.9 Å². The standard InChI is InChI=1S/C23H31N5O5/c1-23(2,3)33-18(30)10-14-8-6-7-9-16(14)25-22-26-17(13-29)19(21(31)32-5)20(27-22)15-11-24-28(4)12-15/h11-14,16H,6-10H2,1-5H3,(H,25,26,27)/t14-,16-/m1/s1. The third-order valence-corrected chi connectivity index (χ3v) is 5.49. The fourth-order valence-electron chi connectivity index (χ4n) is 4.09. The fraction of sp³-hybridized carbons (Fsp3) is 0.565. The number of nitrogens with one attached hydrogen (secondary N) is 1. The van der Waals surface area contributed by atoms with Crippen LogP contribution >= 0.6 is 0 Å². The number of hydrogen-bond acceptors (Lipinski definition) is 9. The van der Waals surface area contributed by atoms with E-state index in [2.05, 4.69) is 20.4 Å². The fourth-order valence-corrected chi connectivity index (χ4v) is 4.09. The van der Waals surface area contributed by atoms with Gasteiger partial charge in [-0.1, -0.05) is 12.8 Å². The molecule has 1 fully saturated rings. The zero-order chi connectivity index (χ0) is 24.2. The lowest BCUT2D eigenvalue weighted by atomic mass is 9.82. The quantitative estimate of drug-likeness (QED) is 0.493. The third-order valence-electron chi connectivity index (χ3n) is 5.49. The zero-order valence-corrected chi connectivity index (χ0v) is 19.8. The van der Waals surface area contributed by atoms with Gasteiger partial charge in [-0.15, -0.1) is 0 Å². The maximum absolute atomic E-state index is 12.4. The summed E-state index contributed by atoms with van der Waals surface area (Å²) in [6, 6.07) is -0.0727. The van der Waals surface area contributed by atoms with Gasteiger partial charge < -0.3 is 14.8 Å². The molecule has 0 bridgehead atoms. The summed E-state index contributed by atoms with van der Waals surface area (Å²) in [4.78, 5) is 45.5. The van der Waals surface area contributed by atoms with Gasteiger partial charge in [-0.05, 0) is 39.5 Å². The average Bonchev–Trinajstić information content (AvgIpc) is 3.18. The highest BCUT2D eigenvalue weighted by molar-refractivity contribution is 6.02. The number of nitrogens with zero attached hydrogens (tertiary/aromatic N) is 4. The van der Waals surface area contributed by atoms with Crippen LogP contribution in [0.1, 0.15) is 73.7 Å². The molecule has 1 aliphatic carbocycles. The van der Waals surface area contributed by atoms with Gasteiger partial charge in [-0.25, -0.2) is 14.8 Å². The van der Waals surface area contributed by atoms with Gasteiger partial charge in [0.15, 0.2) is 6.29 Å². The second kappa shape index (κ2) is 10.1. The molecule has 0 spiro atoms. The summed E-state index contributed by atoms with van der Waals surface area (Å²) in [5, 5.41) is 7.44. The van der Waals surface area contributed by atoms with Gasteiger partial charge in [-0.3, -0.25) is 14.3 Å². The van der Waals surface area contributed by atoms with E-state index < -0.39 is 11.6 Å². The Balaban J connectivity index is 1.92. The minimum atomic E-state index is -0.706. The average molecular weight is 458 g/mol. The van der Waals surface area contributed by atoms with E-state index >= 15 is 0 Å². The predicted molar refractivity (Wildman–Crippen MR) is 121 cm³/mol. The van der Waals surface area contributed by atoms with Crippen molar-refractivity contribution < 1.29 is 23.9 Å². The third kappa shape index (κ3) is 6.15. The summed E-state index contributed by atoms with van der Waals surface area (Å²) in [5.41, 5.74) is 0.186. The van der Waals surface area contributed by atoms with Crippen LogP contribution in [0, 0.1) is 5.92 Å². The summed E-state index contributed by atoms with van der Waals surface area (Å²) in [5.74, 6) is -0.695. The molecule has 178 valence electrons. The van der Waals surface area contributed by atoms with Crippen LogP contribution in [0.4, 0.5) is 5.95 Å². The number of anilines is 1. The first-order chi connectivity index (χ1) is 15.6.